The second-order valence-corrected chi connectivity index (χ2v) is 5.61. The Balaban J connectivity index is 2.29. The highest BCUT2D eigenvalue weighted by Crippen LogP contribution is 2.28. The van der Waals surface area contributed by atoms with Gasteiger partial charge in [-0.25, -0.2) is 8.78 Å². The molecular formula is C19H17F2NO2. The topological polar surface area (TPSA) is 42.1 Å². The van der Waals surface area contributed by atoms with Gasteiger partial charge in [-0.05, 0) is 43.2 Å². The Kier molecular flexibility index (Phi) is 4.34. The van der Waals surface area contributed by atoms with Crippen LogP contribution in [-0.2, 0) is 0 Å². The molecule has 3 rings (SSSR count). The molecule has 0 saturated heterocycles. The molecule has 124 valence electrons. The van der Waals surface area contributed by atoms with Gasteiger partial charge in [-0.15, -0.1) is 0 Å². The highest BCUT2D eigenvalue weighted by Gasteiger charge is 2.17. The molecule has 24 heavy (non-hydrogen) atoms. The van der Waals surface area contributed by atoms with Crippen LogP contribution >= 0.6 is 0 Å². The van der Waals surface area contributed by atoms with E-state index < -0.39 is 17.1 Å². The van der Waals surface area contributed by atoms with Crippen LogP contribution in [0.2, 0.25) is 0 Å². The van der Waals surface area contributed by atoms with E-state index in [1.807, 2.05) is 6.92 Å². The Bertz CT molecular complexity index is 946. The first-order valence-electron chi connectivity index (χ1n) is 7.76. The fourth-order valence-electron chi connectivity index (χ4n) is 2.75. The monoisotopic (exact) mass is 329 g/mol. The summed E-state index contributed by atoms with van der Waals surface area (Å²) < 4.78 is 33.0. The van der Waals surface area contributed by atoms with Gasteiger partial charge in [0.2, 0.25) is 5.43 Å². The van der Waals surface area contributed by atoms with Gasteiger partial charge in [0.05, 0.1) is 17.5 Å². The summed E-state index contributed by atoms with van der Waals surface area (Å²) in [6, 6.07) is 8.31. The highest BCUT2D eigenvalue weighted by molar-refractivity contribution is 5.89. The zero-order valence-electron chi connectivity index (χ0n) is 13.5. The molecular weight excluding hydrogens is 312 g/mol. The van der Waals surface area contributed by atoms with Crippen molar-refractivity contribution in [2.45, 2.75) is 20.3 Å². The number of hydrogen-bond donors (Lipinski definition) is 1. The van der Waals surface area contributed by atoms with E-state index in [1.54, 1.807) is 6.92 Å². The van der Waals surface area contributed by atoms with E-state index in [-0.39, 0.29) is 5.39 Å². The average molecular weight is 329 g/mol. The number of nitrogens with one attached hydrogen (secondary N) is 1. The normalized spacial score (nSPS) is 11.0. The van der Waals surface area contributed by atoms with Crippen molar-refractivity contribution in [3.8, 4) is 16.9 Å². The van der Waals surface area contributed by atoms with Crippen molar-refractivity contribution >= 4 is 10.9 Å². The maximum absolute atomic E-state index is 14.3. The summed E-state index contributed by atoms with van der Waals surface area (Å²) >= 11 is 0. The molecule has 1 aromatic heterocycles. The van der Waals surface area contributed by atoms with Crippen LogP contribution < -0.4 is 10.2 Å². The number of benzene rings is 2. The second kappa shape index (κ2) is 6.43. The fourth-order valence-corrected chi connectivity index (χ4v) is 2.75. The van der Waals surface area contributed by atoms with Gasteiger partial charge in [-0.2, -0.15) is 0 Å². The van der Waals surface area contributed by atoms with Crippen molar-refractivity contribution in [3.05, 3.63) is 63.9 Å². The molecule has 0 saturated carbocycles. The van der Waals surface area contributed by atoms with Gasteiger partial charge in [-0.3, -0.25) is 4.79 Å². The molecule has 2 aromatic carbocycles. The largest absolute Gasteiger partial charge is 0.491 e. The predicted molar refractivity (Wildman–Crippen MR) is 90.4 cm³/mol. The molecule has 0 bridgehead atoms. The van der Waals surface area contributed by atoms with Crippen LogP contribution in [0.3, 0.4) is 0 Å². The Labute approximate surface area is 137 Å². The summed E-state index contributed by atoms with van der Waals surface area (Å²) in [5, 5.41) is -0.0477. The summed E-state index contributed by atoms with van der Waals surface area (Å²) in [6.07, 6.45) is 0.801. The number of rotatable bonds is 4. The van der Waals surface area contributed by atoms with Crippen molar-refractivity contribution in [2.75, 3.05) is 6.61 Å². The maximum Gasteiger partial charge on any atom is 0.200 e. The van der Waals surface area contributed by atoms with Crippen LogP contribution in [0.4, 0.5) is 8.78 Å². The second-order valence-electron chi connectivity index (χ2n) is 5.61. The van der Waals surface area contributed by atoms with Crippen molar-refractivity contribution in [1.82, 2.24) is 4.98 Å². The van der Waals surface area contributed by atoms with Gasteiger partial charge in [0.1, 0.15) is 17.4 Å². The quantitative estimate of drug-likeness (QED) is 0.762. The Morgan fingerprint density at radius 3 is 2.46 bits per heavy atom. The lowest BCUT2D eigenvalue weighted by molar-refractivity contribution is 0.320. The standard InChI is InChI=1S/C19H17F2NO2/c1-3-10-24-15-9-8-14(21)17-18(15)22-11(2)16(19(17)23)12-4-6-13(20)7-5-12/h4-9H,3,10H2,1-2H3,(H,22,23). The number of aromatic nitrogens is 1. The molecule has 0 aliphatic rings. The lowest BCUT2D eigenvalue weighted by Crippen LogP contribution is -2.12. The third-order valence-corrected chi connectivity index (χ3v) is 3.85. The molecule has 1 heterocycles. The number of aromatic amines is 1. The Morgan fingerprint density at radius 1 is 1.08 bits per heavy atom. The van der Waals surface area contributed by atoms with Gasteiger partial charge >= 0.3 is 0 Å². The number of hydrogen-bond acceptors (Lipinski definition) is 2. The van der Waals surface area contributed by atoms with Gasteiger partial charge in [0.15, 0.2) is 0 Å². The first kappa shape index (κ1) is 16.2. The highest BCUT2D eigenvalue weighted by atomic mass is 19.1. The van der Waals surface area contributed by atoms with Crippen LogP contribution in [0.5, 0.6) is 5.75 Å². The van der Waals surface area contributed by atoms with E-state index in [0.29, 0.717) is 34.7 Å². The molecule has 5 heteroatoms. The van der Waals surface area contributed by atoms with Gasteiger partial charge in [0, 0.05) is 11.3 Å². The van der Waals surface area contributed by atoms with Crippen molar-refractivity contribution < 1.29 is 13.5 Å². The molecule has 1 N–H and O–H groups in total. The van der Waals surface area contributed by atoms with E-state index in [9.17, 15) is 13.6 Å². The summed E-state index contributed by atoms with van der Waals surface area (Å²) in [5.41, 5.74) is 1.35. The van der Waals surface area contributed by atoms with Crippen molar-refractivity contribution in [2.24, 2.45) is 0 Å². The third-order valence-electron chi connectivity index (χ3n) is 3.85. The molecule has 3 aromatic rings. The van der Waals surface area contributed by atoms with Crippen LogP contribution in [0, 0.1) is 18.6 Å². The number of aryl methyl sites for hydroxylation is 1. The van der Waals surface area contributed by atoms with Crippen molar-refractivity contribution in [3.63, 3.8) is 0 Å². The molecule has 3 nitrogen and oxygen atoms in total. The van der Waals surface area contributed by atoms with Crippen LogP contribution in [0.1, 0.15) is 19.0 Å². The number of ether oxygens (including phenoxy) is 1. The van der Waals surface area contributed by atoms with Gasteiger partial charge < -0.3 is 9.72 Å². The van der Waals surface area contributed by atoms with E-state index in [0.717, 1.165) is 6.42 Å². The van der Waals surface area contributed by atoms with Crippen LogP contribution in [0.25, 0.3) is 22.0 Å². The van der Waals surface area contributed by atoms with E-state index in [2.05, 4.69) is 4.98 Å². The van der Waals surface area contributed by atoms with E-state index in [4.69, 9.17) is 4.74 Å². The Hall–Kier alpha value is -2.69. The molecule has 0 fully saturated rings. The number of pyridine rings is 1. The molecule has 0 aliphatic heterocycles. The minimum atomic E-state index is -0.613. The van der Waals surface area contributed by atoms with Crippen LogP contribution in [0.15, 0.2) is 41.2 Å². The lowest BCUT2D eigenvalue weighted by Gasteiger charge is -2.13. The van der Waals surface area contributed by atoms with Crippen LogP contribution in [-0.4, -0.2) is 11.6 Å². The summed E-state index contributed by atoms with van der Waals surface area (Å²) in [4.78, 5) is 15.9. The third kappa shape index (κ3) is 2.77. The summed E-state index contributed by atoms with van der Waals surface area (Å²) in [7, 11) is 0. The molecule has 0 amide bonds. The fraction of sp³-hybridized carbons (Fsp3) is 0.211. The minimum Gasteiger partial charge on any atom is -0.491 e. The SMILES string of the molecule is CCCOc1ccc(F)c2c(=O)c(-c3ccc(F)cc3)c(C)[nH]c12. The number of H-pyrrole nitrogens is 1. The average Bonchev–Trinajstić information content (AvgIpc) is 2.55. The molecule has 0 unspecified atom stereocenters. The number of halogens is 2. The molecule has 0 atom stereocenters. The minimum absolute atomic E-state index is 0.0477. The molecule has 0 radical (unpaired) electrons. The first-order chi connectivity index (χ1) is 11.5. The van der Waals surface area contributed by atoms with E-state index in [1.165, 1.54) is 36.4 Å². The van der Waals surface area contributed by atoms with E-state index >= 15 is 0 Å². The van der Waals surface area contributed by atoms with Gasteiger partial charge in [0.25, 0.3) is 0 Å². The smallest absolute Gasteiger partial charge is 0.200 e. The van der Waals surface area contributed by atoms with Gasteiger partial charge in [-0.1, -0.05) is 19.1 Å². The maximum atomic E-state index is 14.3. The number of fused-ring (bicyclic) bond motifs is 1. The molecule has 0 aliphatic carbocycles. The lowest BCUT2D eigenvalue weighted by atomic mass is 10.0. The predicted octanol–water partition coefficient (Wildman–Crippen LogP) is 4.57. The zero-order chi connectivity index (χ0) is 17.3. The van der Waals surface area contributed by atoms with Crippen molar-refractivity contribution in [1.29, 1.82) is 0 Å². The Morgan fingerprint density at radius 2 is 1.79 bits per heavy atom. The summed E-state index contributed by atoms with van der Waals surface area (Å²) in [5.74, 6) is -0.562. The molecule has 0 spiro atoms. The first-order valence-corrected chi connectivity index (χ1v) is 7.76. The summed E-state index contributed by atoms with van der Waals surface area (Å²) in [6.45, 7) is 4.17. The zero-order valence-corrected chi connectivity index (χ0v) is 13.5.